The van der Waals surface area contributed by atoms with Gasteiger partial charge in [0.15, 0.2) is 5.76 Å². The second kappa shape index (κ2) is 9.87. The summed E-state index contributed by atoms with van der Waals surface area (Å²) in [6, 6.07) is 12.6. The van der Waals surface area contributed by atoms with Crippen molar-refractivity contribution in [3.05, 3.63) is 68.3 Å². The van der Waals surface area contributed by atoms with Crippen molar-refractivity contribution in [1.29, 1.82) is 0 Å². The number of benzene rings is 1. The topological polar surface area (TPSA) is 75.1 Å². The van der Waals surface area contributed by atoms with Crippen LogP contribution in [-0.4, -0.2) is 34.0 Å². The first kappa shape index (κ1) is 25.9. The number of halogens is 2. The maximum atomic E-state index is 13.7. The van der Waals surface area contributed by atoms with Crippen molar-refractivity contribution >= 4 is 57.5 Å². The number of aryl methyl sites for hydroxylation is 2. The molecule has 0 N–H and O–H groups in total. The molecule has 0 unspecified atom stereocenters. The van der Waals surface area contributed by atoms with Gasteiger partial charge < -0.3 is 13.8 Å². The van der Waals surface area contributed by atoms with Crippen LogP contribution >= 0.6 is 27.5 Å². The Morgan fingerprint density at radius 1 is 1.14 bits per heavy atom. The molecule has 0 bridgehead atoms. The highest BCUT2D eigenvalue weighted by atomic mass is 79.9. The molecule has 37 heavy (non-hydrogen) atoms. The maximum absolute atomic E-state index is 13.7. The van der Waals surface area contributed by atoms with E-state index in [0.29, 0.717) is 46.7 Å². The molecule has 4 aromatic heterocycles. The second-order valence-electron chi connectivity index (χ2n) is 10.5. The monoisotopic (exact) mass is 598 g/mol. The summed E-state index contributed by atoms with van der Waals surface area (Å²) in [4.78, 5) is 18.4. The molecule has 0 saturated heterocycles. The highest BCUT2D eigenvalue weighted by Gasteiger charge is 2.25. The van der Waals surface area contributed by atoms with Crippen LogP contribution in [0.5, 0.6) is 0 Å². The first-order chi connectivity index (χ1) is 17.5. The van der Waals surface area contributed by atoms with Gasteiger partial charge in [-0.05, 0) is 36.7 Å². The number of rotatable bonds is 7. The summed E-state index contributed by atoms with van der Waals surface area (Å²) in [5, 5.41) is 6.27. The molecule has 0 fully saturated rings. The lowest BCUT2D eigenvalue weighted by molar-refractivity contribution is 0.0901. The lowest BCUT2D eigenvalue weighted by Gasteiger charge is -2.17. The molecular weight excluding hydrogens is 572 g/mol. The van der Waals surface area contributed by atoms with Gasteiger partial charge in [-0.2, -0.15) is 0 Å². The van der Waals surface area contributed by atoms with Gasteiger partial charge in [0.2, 0.25) is 0 Å². The average Bonchev–Trinajstić information content (AvgIpc) is 3.41. The average molecular weight is 600 g/mol. The van der Waals surface area contributed by atoms with Crippen LogP contribution < -0.4 is 5.56 Å². The van der Waals surface area contributed by atoms with Gasteiger partial charge in [0.25, 0.3) is 5.56 Å². The van der Waals surface area contributed by atoms with Crippen LogP contribution in [0.3, 0.4) is 0 Å². The molecule has 0 saturated carbocycles. The molecule has 0 aliphatic rings. The molecule has 0 spiro atoms. The van der Waals surface area contributed by atoms with E-state index in [1.807, 2.05) is 41.8 Å². The summed E-state index contributed by atoms with van der Waals surface area (Å²) in [5.41, 5.74) is 3.97. The van der Waals surface area contributed by atoms with Crippen LogP contribution in [-0.2, 0) is 18.5 Å². The van der Waals surface area contributed by atoms with Gasteiger partial charge in [-0.1, -0.05) is 64.5 Å². The minimum Gasteiger partial charge on any atom is -0.361 e. The fraction of sp³-hybridized carbons (Fsp3) is 0.296. The molecule has 7 nitrogen and oxygen atoms in total. The largest absolute Gasteiger partial charge is 0.361 e. The molecule has 0 atom stereocenters. The summed E-state index contributed by atoms with van der Waals surface area (Å²) >= 11 is 10.3. The minimum atomic E-state index is -1.21. The zero-order valence-corrected chi connectivity index (χ0v) is 24.8. The van der Waals surface area contributed by atoms with E-state index >= 15 is 0 Å². The minimum absolute atomic E-state index is 0.192. The first-order valence-electron chi connectivity index (χ1n) is 12.0. The third-order valence-electron chi connectivity index (χ3n) is 6.46. The molecule has 192 valence electrons. The Labute approximate surface area is 229 Å². The Morgan fingerprint density at radius 2 is 1.86 bits per heavy atom. The molecule has 5 rings (SSSR count). The predicted molar refractivity (Wildman–Crippen MR) is 155 cm³/mol. The molecule has 0 aliphatic carbocycles. The summed E-state index contributed by atoms with van der Waals surface area (Å²) in [6.45, 7) is 9.78. The van der Waals surface area contributed by atoms with Crippen molar-refractivity contribution in [3.8, 4) is 22.5 Å². The normalized spacial score (nSPS) is 12.2. The second-order valence-corrected chi connectivity index (χ2v) is 17.4. The smallest absolute Gasteiger partial charge is 0.262 e. The van der Waals surface area contributed by atoms with Gasteiger partial charge in [-0.15, -0.1) is 0 Å². The van der Waals surface area contributed by atoms with Crippen LogP contribution in [0.15, 0.2) is 56.4 Å². The Kier molecular flexibility index (Phi) is 6.91. The number of aromatic nitrogens is 4. The molecule has 0 amide bonds. The van der Waals surface area contributed by atoms with E-state index in [4.69, 9.17) is 25.8 Å². The van der Waals surface area contributed by atoms with Gasteiger partial charge in [0.05, 0.1) is 23.0 Å². The van der Waals surface area contributed by atoms with Crippen molar-refractivity contribution in [2.45, 2.75) is 39.3 Å². The summed E-state index contributed by atoms with van der Waals surface area (Å²) in [6.07, 6.45) is 1.73. The lowest BCUT2D eigenvalue weighted by Crippen LogP contribution is -2.22. The molecule has 4 heterocycles. The highest BCUT2D eigenvalue weighted by molar-refractivity contribution is 9.10. The number of fused-ring (bicyclic) bond motifs is 3. The molecule has 0 radical (unpaired) electrons. The van der Waals surface area contributed by atoms with E-state index in [1.54, 1.807) is 23.9 Å². The van der Waals surface area contributed by atoms with Crippen molar-refractivity contribution in [2.75, 3.05) is 6.61 Å². The van der Waals surface area contributed by atoms with E-state index in [0.717, 1.165) is 32.4 Å². The van der Waals surface area contributed by atoms with E-state index in [1.165, 1.54) is 0 Å². The quantitative estimate of drug-likeness (QED) is 0.146. The van der Waals surface area contributed by atoms with Crippen LogP contribution in [0.2, 0.25) is 30.8 Å². The zero-order valence-electron chi connectivity index (χ0n) is 21.4. The van der Waals surface area contributed by atoms with Crippen molar-refractivity contribution < 1.29 is 9.26 Å². The van der Waals surface area contributed by atoms with E-state index in [2.05, 4.69) is 40.7 Å². The summed E-state index contributed by atoms with van der Waals surface area (Å²) in [5.74, 6) is 0.420. The fourth-order valence-electron chi connectivity index (χ4n) is 4.45. The first-order valence-corrected chi connectivity index (χ1v) is 16.9. The molecule has 10 heteroatoms. The molecular formula is C27H28BrClN4O3Si. The molecule has 5 aromatic rings. The standard InChI is InChI=1S/C27H28BrClN4O3Si/c1-16-12-21(36-31-16)25-23(17-6-8-18(28)9-7-17)24-19-13-22(29)33(15-35-10-11-37(3,4)5)26(19)30-14-20(24)32(2)27(25)34/h6-9,12-14H,10-11,15H2,1-5H3. The van der Waals surface area contributed by atoms with Crippen LogP contribution in [0.1, 0.15) is 5.69 Å². The number of pyridine rings is 2. The van der Waals surface area contributed by atoms with Crippen LogP contribution in [0.25, 0.3) is 44.4 Å². The number of ether oxygens (including phenoxy) is 1. The Balaban J connectivity index is 1.79. The Morgan fingerprint density at radius 3 is 2.51 bits per heavy atom. The van der Waals surface area contributed by atoms with Gasteiger partial charge >= 0.3 is 0 Å². The third-order valence-corrected chi connectivity index (χ3v) is 9.00. The van der Waals surface area contributed by atoms with Gasteiger partial charge in [-0.3, -0.25) is 9.36 Å². The summed E-state index contributed by atoms with van der Waals surface area (Å²) in [7, 11) is 0.531. The predicted octanol–water partition coefficient (Wildman–Crippen LogP) is 7.25. The van der Waals surface area contributed by atoms with Crippen molar-refractivity contribution in [1.82, 2.24) is 19.3 Å². The Hall–Kier alpha value is -2.72. The lowest BCUT2D eigenvalue weighted by atomic mass is 9.94. The highest BCUT2D eigenvalue weighted by Crippen LogP contribution is 2.40. The van der Waals surface area contributed by atoms with Gasteiger partial charge in [-0.25, -0.2) is 4.98 Å². The van der Waals surface area contributed by atoms with Crippen molar-refractivity contribution in [2.24, 2.45) is 7.05 Å². The number of hydrogen-bond acceptors (Lipinski definition) is 5. The van der Waals surface area contributed by atoms with Gasteiger partial charge in [0.1, 0.15) is 17.5 Å². The summed E-state index contributed by atoms with van der Waals surface area (Å²) < 4.78 is 16.0. The Bertz CT molecular complexity index is 1680. The van der Waals surface area contributed by atoms with Crippen LogP contribution in [0.4, 0.5) is 0 Å². The molecule has 0 aliphatic heterocycles. The van der Waals surface area contributed by atoms with Crippen molar-refractivity contribution in [3.63, 3.8) is 0 Å². The third kappa shape index (κ3) is 4.93. The number of hydrogen-bond donors (Lipinski definition) is 0. The van der Waals surface area contributed by atoms with E-state index < -0.39 is 8.07 Å². The fourth-order valence-corrected chi connectivity index (χ4v) is 5.71. The zero-order chi connectivity index (χ0) is 26.5. The SMILES string of the molecule is Cc1cc(-c2c(-c3ccc(Br)cc3)c3c4cc(Cl)n(COCC[Si](C)(C)C)c4ncc3n(C)c2=O)on1. The van der Waals surface area contributed by atoms with Crippen LogP contribution in [0, 0.1) is 6.92 Å². The van der Waals surface area contributed by atoms with E-state index in [-0.39, 0.29) is 5.56 Å². The van der Waals surface area contributed by atoms with E-state index in [9.17, 15) is 4.79 Å². The number of nitrogens with zero attached hydrogens (tertiary/aromatic N) is 4. The molecule has 1 aromatic carbocycles. The maximum Gasteiger partial charge on any atom is 0.262 e. The van der Waals surface area contributed by atoms with Gasteiger partial charge in [0, 0.05) is 48.6 Å².